The van der Waals surface area contributed by atoms with Crippen LogP contribution in [0.25, 0.3) is 0 Å². The Labute approximate surface area is 101 Å². The highest BCUT2D eigenvalue weighted by Crippen LogP contribution is 2.40. The molecule has 0 aliphatic heterocycles. The number of nitrogens with one attached hydrogen (secondary N) is 1. The Morgan fingerprint density at radius 3 is 2.82 bits per heavy atom. The molecule has 3 nitrogen and oxygen atoms in total. The molecular formula is C14H17NO2. The summed E-state index contributed by atoms with van der Waals surface area (Å²) in [5.41, 5.74) is 2.22. The van der Waals surface area contributed by atoms with Gasteiger partial charge < -0.3 is 10.4 Å². The number of benzene rings is 1. The highest BCUT2D eigenvalue weighted by molar-refractivity contribution is 5.80. The van der Waals surface area contributed by atoms with Gasteiger partial charge in [0.25, 0.3) is 0 Å². The number of rotatable bonds is 5. The zero-order valence-corrected chi connectivity index (χ0v) is 9.89. The largest absolute Gasteiger partial charge is 0.478 e. The summed E-state index contributed by atoms with van der Waals surface area (Å²) in [5.74, 6) is -0.284. The molecule has 90 valence electrons. The third-order valence-corrected chi connectivity index (χ3v) is 3.03. The molecule has 0 saturated heterocycles. The Bertz CT molecular complexity index is 425. The van der Waals surface area contributed by atoms with Crippen molar-refractivity contribution in [2.75, 3.05) is 6.54 Å². The van der Waals surface area contributed by atoms with E-state index in [0.29, 0.717) is 18.5 Å². The Kier molecular flexibility index (Phi) is 3.59. The van der Waals surface area contributed by atoms with Crippen molar-refractivity contribution in [3.8, 4) is 0 Å². The van der Waals surface area contributed by atoms with E-state index >= 15 is 0 Å². The first-order chi connectivity index (χ1) is 8.16. The van der Waals surface area contributed by atoms with E-state index in [1.54, 1.807) is 0 Å². The first-order valence-electron chi connectivity index (χ1n) is 5.85. The molecule has 0 amide bonds. The SMILES string of the molecule is C/C(=C/C(=O)O)CNC1CC1c1ccccc1. The van der Waals surface area contributed by atoms with Gasteiger partial charge in [-0.3, -0.25) is 0 Å². The second-order valence-corrected chi connectivity index (χ2v) is 4.57. The molecule has 3 heteroatoms. The number of carbonyl (C=O) groups is 1. The lowest BCUT2D eigenvalue weighted by atomic mass is 10.1. The van der Waals surface area contributed by atoms with Crippen LogP contribution in [0.2, 0.25) is 0 Å². The standard InChI is InChI=1S/C14H17NO2/c1-10(7-14(16)17)9-15-13-8-12(13)11-5-3-2-4-6-11/h2-7,12-13,15H,8-9H2,1H3,(H,16,17)/b10-7-. The molecule has 2 rings (SSSR count). The number of hydrogen-bond acceptors (Lipinski definition) is 2. The topological polar surface area (TPSA) is 49.3 Å². The molecule has 17 heavy (non-hydrogen) atoms. The second kappa shape index (κ2) is 5.15. The van der Waals surface area contributed by atoms with Crippen molar-refractivity contribution in [2.24, 2.45) is 0 Å². The molecule has 0 aromatic heterocycles. The van der Waals surface area contributed by atoms with Crippen LogP contribution in [0, 0.1) is 0 Å². The maximum Gasteiger partial charge on any atom is 0.328 e. The fourth-order valence-electron chi connectivity index (χ4n) is 2.04. The maximum absolute atomic E-state index is 10.5. The van der Waals surface area contributed by atoms with Gasteiger partial charge in [0, 0.05) is 24.6 Å². The van der Waals surface area contributed by atoms with Gasteiger partial charge in [-0.25, -0.2) is 4.79 Å². The van der Waals surface area contributed by atoms with Crippen LogP contribution in [0.3, 0.4) is 0 Å². The molecule has 1 fully saturated rings. The predicted octanol–water partition coefficient (Wildman–Crippen LogP) is 2.16. The normalized spacial score (nSPS) is 23.5. The molecular weight excluding hydrogens is 214 g/mol. The lowest BCUT2D eigenvalue weighted by Crippen LogP contribution is -2.20. The van der Waals surface area contributed by atoms with Gasteiger partial charge in [-0.05, 0) is 18.9 Å². The number of hydrogen-bond donors (Lipinski definition) is 2. The number of aliphatic carboxylic acids is 1. The molecule has 2 unspecified atom stereocenters. The molecule has 2 atom stereocenters. The second-order valence-electron chi connectivity index (χ2n) is 4.57. The van der Waals surface area contributed by atoms with Gasteiger partial charge in [-0.1, -0.05) is 35.9 Å². The lowest BCUT2D eigenvalue weighted by molar-refractivity contribution is -0.131. The molecule has 0 bridgehead atoms. The fraction of sp³-hybridized carbons (Fsp3) is 0.357. The first kappa shape index (κ1) is 11.9. The lowest BCUT2D eigenvalue weighted by Gasteiger charge is -2.04. The average Bonchev–Trinajstić information content (AvgIpc) is 3.06. The fourth-order valence-corrected chi connectivity index (χ4v) is 2.04. The smallest absolute Gasteiger partial charge is 0.328 e. The van der Waals surface area contributed by atoms with Crippen LogP contribution in [0.1, 0.15) is 24.8 Å². The minimum atomic E-state index is -0.875. The molecule has 1 aliphatic rings. The highest BCUT2D eigenvalue weighted by Gasteiger charge is 2.37. The minimum Gasteiger partial charge on any atom is -0.478 e. The van der Waals surface area contributed by atoms with Crippen LogP contribution in [0.15, 0.2) is 42.0 Å². The van der Waals surface area contributed by atoms with Gasteiger partial charge >= 0.3 is 5.97 Å². The van der Waals surface area contributed by atoms with Crippen molar-refractivity contribution < 1.29 is 9.90 Å². The van der Waals surface area contributed by atoms with E-state index in [4.69, 9.17) is 5.11 Å². The van der Waals surface area contributed by atoms with Crippen LogP contribution < -0.4 is 5.32 Å². The number of carboxylic acids is 1. The first-order valence-corrected chi connectivity index (χ1v) is 5.85. The Balaban J connectivity index is 1.79. The van der Waals surface area contributed by atoms with Crippen LogP contribution in [-0.2, 0) is 4.79 Å². The number of carboxylic acid groups (broad SMARTS) is 1. The Morgan fingerprint density at radius 1 is 1.47 bits per heavy atom. The van der Waals surface area contributed by atoms with Gasteiger partial charge in [0.05, 0.1) is 0 Å². The summed E-state index contributed by atoms with van der Waals surface area (Å²) in [4.78, 5) is 10.5. The van der Waals surface area contributed by atoms with Gasteiger partial charge in [0.15, 0.2) is 0 Å². The van der Waals surface area contributed by atoms with Crippen LogP contribution in [0.4, 0.5) is 0 Å². The van der Waals surface area contributed by atoms with E-state index in [-0.39, 0.29) is 0 Å². The molecule has 1 aromatic carbocycles. The third kappa shape index (κ3) is 3.43. The van der Waals surface area contributed by atoms with Crippen molar-refractivity contribution in [3.05, 3.63) is 47.5 Å². The van der Waals surface area contributed by atoms with Gasteiger partial charge in [0.1, 0.15) is 0 Å². The summed E-state index contributed by atoms with van der Waals surface area (Å²) in [6.45, 7) is 2.49. The van der Waals surface area contributed by atoms with Crippen LogP contribution >= 0.6 is 0 Å². The van der Waals surface area contributed by atoms with Gasteiger partial charge in [0.2, 0.25) is 0 Å². The van der Waals surface area contributed by atoms with Gasteiger partial charge in [-0.2, -0.15) is 0 Å². The summed E-state index contributed by atoms with van der Waals surface area (Å²) in [7, 11) is 0. The summed E-state index contributed by atoms with van der Waals surface area (Å²) < 4.78 is 0. The third-order valence-electron chi connectivity index (χ3n) is 3.03. The molecule has 0 heterocycles. The molecule has 1 aliphatic carbocycles. The van der Waals surface area contributed by atoms with Crippen molar-refractivity contribution in [2.45, 2.75) is 25.3 Å². The summed E-state index contributed by atoms with van der Waals surface area (Å²) >= 11 is 0. The average molecular weight is 231 g/mol. The van der Waals surface area contributed by atoms with E-state index in [1.165, 1.54) is 11.6 Å². The van der Waals surface area contributed by atoms with Crippen molar-refractivity contribution in [1.29, 1.82) is 0 Å². The van der Waals surface area contributed by atoms with Crippen molar-refractivity contribution >= 4 is 5.97 Å². The van der Waals surface area contributed by atoms with E-state index in [1.807, 2.05) is 13.0 Å². The van der Waals surface area contributed by atoms with E-state index < -0.39 is 5.97 Å². The molecule has 1 aromatic rings. The van der Waals surface area contributed by atoms with Crippen molar-refractivity contribution in [1.82, 2.24) is 5.32 Å². The molecule has 0 radical (unpaired) electrons. The zero-order valence-electron chi connectivity index (χ0n) is 9.89. The summed E-state index contributed by atoms with van der Waals surface area (Å²) in [6, 6.07) is 10.9. The van der Waals surface area contributed by atoms with Crippen LogP contribution in [0.5, 0.6) is 0 Å². The Morgan fingerprint density at radius 2 is 2.18 bits per heavy atom. The highest BCUT2D eigenvalue weighted by atomic mass is 16.4. The summed E-state index contributed by atoms with van der Waals surface area (Å²) in [5, 5.41) is 12.0. The minimum absolute atomic E-state index is 0.495. The maximum atomic E-state index is 10.5. The van der Waals surface area contributed by atoms with Crippen molar-refractivity contribution in [3.63, 3.8) is 0 Å². The molecule has 1 saturated carbocycles. The van der Waals surface area contributed by atoms with E-state index in [0.717, 1.165) is 12.0 Å². The zero-order chi connectivity index (χ0) is 12.3. The van der Waals surface area contributed by atoms with E-state index in [9.17, 15) is 4.79 Å². The van der Waals surface area contributed by atoms with Gasteiger partial charge in [-0.15, -0.1) is 0 Å². The predicted molar refractivity (Wildman–Crippen MR) is 67.0 cm³/mol. The Hall–Kier alpha value is -1.61. The summed E-state index contributed by atoms with van der Waals surface area (Å²) in [6.07, 6.45) is 2.40. The van der Waals surface area contributed by atoms with E-state index in [2.05, 4.69) is 29.6 Å². The van der Waals surface area contributed by atoms with Crippen LogP contribution in [-0.4, -0.2) is 23.7 Å². The monoisotopic (exact) mass is 231 g/mol. The quantitative estimate of drug-likeness (QED) is 0.763. The molecule has 2 N–H and O–H groups in total. The molecule has 0 spiro atoms.